The summed E-state index contributed by atoms with van der Waals surface area (Å²) in [4.78, 5) is 0. The number of hydrogen-bond donors (Lipinski definition) is 0. The van der Waals surface area contributed by atoms with Gasteiger partial charge in [-0.3, -0.25) is 0 Å². The van der Waals surface area contributed by atoms with E-state index < -0.39 is 0 Å². The predicted molar refractivity (Wildman–Crippen MR) is 47.8 cm³/mol. The lowest BCUT2D eigenvalue weighted by Gasteiger charge is -2.08. The van der Waals surface area contributed by atoms with Crippen molar-refractivity contribution in [3.05, 3.63) is 19.1 Å². The van der Waals surface area contributed by atoms with Gasteiger partial charge >= 0.3 is 0 Å². The zero-order valence-electron chi connectivity index (χ0n) is 7.27. The molecule has 0 nitrogen and oxygen atoms in total. The van der Waals surface area contributed by atoms with Crippen LogP contribution in [0.25, 0.3) is 0 Å². The molecule has 0 aromatic carbocycles. The van der Waals surface area contributed by atoms with Crippen molar-refractivity contribution in [2.24, 2.45) is 5.92 Å². The summed E-state index contributed by atoms with van der Waals surface area (Å²) in [6.45, 7) is 8.19. The van der Waals surface area contributed by atoms with E-state index in [-0.39, 0.29) is 0 Å². The molecule has 1 radical (unpaired) electrons. The van der Waals surface area contributed by atoms with Crippen molar-refractivity contribution < 1.29 is 0 Å². The van der Waals surface area contributed by atoms with E-state index in [4.69, 9.17) is 0 Å². The fraction of sp³-hybridized carbons (Fsp3) is 0.700. The molecular weight excluding hydrogens is 120 g/mol. The minimum atomic E-state index is 0.927. The Bertz CT molecular complexity index is 78.0. The first-order valence-corrected chi connectivity index (χ1v) is 4.29. The first-order valence-electron chi connectivity index (χ1n) is 4.29. The summed E-state index contributed by atoms with van der Waals surface area (Å²) in [5, 5.41) is 0. The third kappa shape index (κ3) is 4.60. The van der Waals surface area contributed by atoms with Crippen LogP contribution in [-0.2, 0) is 0 Å². The molecule has 0 aliphatic rings. The summed E-state index contributed by atoms with van der Waals surface area (Å²) in [7, 11) is 0. The van der Waals surface area contributed by atoms with Crippen LogP contribution in [0, 0.1) is 12.8 Å². The minimum absolute atomic E-state index is 0.927. The summed E-state index contributed by atoms with van der Waals surface area (Å²) in [6.07, 6.45) is 9.22. The average Bonchev–Trinajstić information content (AvgIpc) is 1.99. The lowest BCUT2D eigenvalue weighted by atomic mass is 9.98. The largest absolute Gasteiger partial charge is 0.0885 e. The van der Waals surface area contributed by atoms with Crippen LogP contribution in [0.3, 0.4) is 0 Å². The maximum Gasteiger partial charge on any atom is -0.0316 e. The topological polar surface area (TPSA) is 0 Å². The van der Waals surface area contributed by atoms with Crippen molar-refractivity contribution >= 4 is 0 Å². The van der Waals surface area contributed by atoms with E-state index in [0.717, 1.165) is 5.92 Å². The van der Waals surface area contributed by atoms with Crippen molar-refractivity contribution in [1.82, 2.24) is 0 Å². The maximum absolute atomic E-state index is 3.65. The standard InChI is InChI=1S/C10H19/c1-4-7-8-9-10(5-2)6-3/h4,7,10H,1,5-6,8-9H2,2-3H3/b7-4+. The van der Waals surface area contributed by atoms with Crippen molar-refractivity contribution in [1.29, 1.82) is 0 Å². The normalized spacial score (nSPS) is 11.6. The molecule has 0 aliphatic carbocycles. The molecule has 0 heteroatoms. The Labute approximate surface area is 65.3 Å². The lowest BCUT2D eigenvalue weighted by Crippen LogP contribution is -1.94. The molecule has 0 saturated heterocycles. The minimum Gasteiger partial charge on any atom is -0.0885 e. The summed E-state index contributed by atoms with van der Waals surface area (Å²) >= 11 is 0. The second-order valence-electron chi connectivity index (χ2n) is 2.73. The van der Waals surface area contributed by atoms with E-state index in [0.29, 0.717) is 0 Å². The SMILES string of the molecule is [CH2]/C=C/CCC(CC)CC. The smallest absolute Gasteiger partial charge is 0.0316 e. The lowest BCUT2D eigenvalue weighted by molar-refractivity contribution is 0.460. The molecule has 10 heavy (non-hydrogen) atoms. The van der Waals surface area contributed by atoms with Gasteiger partial charge in [0.1, 0.15) is 0 Å². The van der Waals surface area contributed by atoms with Crippen LogP contribution in [-0.4, -0.2) is 0 Å². The van der Waals surface area contributed by atoms with Crippen molar-refractivity contribution in [3.63, 3.8) is 0 Å². The van der Waals surface area contributed by atoms with E-state index in [1.165, 1.54) is 25.7 Å². The molecule has 0 atom stereocenters. The Morgan fingerprint density at radius 2 is 1.90 bits per heavy atom. The van der Waals surface area contributed by atoms with Gasteiger partial charge in [0, 0.05) is 0 Å². The van der Waals surface area contributed by atoms with E-state index >= 15 is 0 Å². The van der Waals surface area contributed by atoms with E-state index in [2.05, 4.69) is 26.8 Å². The number of rotatable bonds is 5. The summed E-state index contributed by atoms with van der Waals surface area (Å²) in [5.41, 5.74) is 0. The molecule has 59 valence electrons. The fourth-order valence-electron chi connectivity index (χ4n) is 1.15. The first kappa shape index (κ1) is 9.74. The van der Waals surface area contributed by atoms with Gasteiger partial charge in [0.05, 0.1) is 0 Å². The van der Waals surface area contributed by atoms with Crippen LogP contribution in [0.5, 0.6) is 0 Å². The van der Waals surface area contributed by atoms with E-state index in [1.807, 2.05) is 6.08 Å². The zero-order valence-corrected chi connectivity index (χ0v) is 7.27. The average molecular weight is 139 g/mol. The van der Waals surface area contributed by atoms with Crippen LogP contribution in [0.15, 0.2) is 12.2 Å². The molecule has 0 fully saturated rings. The fourth-order valence-corrected chi connectivity index (χ4v) is 1.15. The summed E-state index contributed by atoms with van der Waals surface area (Å²) in [5.74, 6) is 0.927. The van der Waals surface area contributed by atoms with E-state index in [1.54, 1.807) is 0 Å². The van der Waals surface area contributed by atoms with Gasteiger partial charge in [0.25, 0.3) is 0 Å². The Morgan fingerprint density at radius 1 is 1.30 bits per heavy atom. The first-order chi connectivity index (χ1) is 4.85. The van der Waals surface area contributed by atoms with Crippen molar-refractivity contribution in [2.75, 3.05) is 0 Å². The molecule has 0 aromatic heterocycles. The van der Waals surface area contributed by atoms with Gasteiger partial charge in [-0.2, -0.15) is 0 Å². The maximum atomic E-state index is 3.65. The van der Waals surface area contributed by atoms with Gasteiger partial charge in [-0.05, 0) is 25.7 Å². The van der Waals surface area contributed by atoms with Gasteiger partial charge in [0.15, 0.2) is 0 Å². The highest BCUT2D eigenvalue weighted by atomic mass is 14.1. The van der Waals surface area contributed by atoms with Crippen LogP contribution in [0.4, 0.5) is 0 Å². The second-order valence-corrected chi connectivity index (χ2v) is 2.73. The quantitative estimate of drug-likeness (QED) is 0.546. The van der Waals surface area contributed by atoms with Crippen LogP contribution in [0.2, 0.25) is 0 Å². The highest BCUT2D eigenvalue weighted by Crippen LogP contribution is 2.14. The molecule has 0 spiro atoms. The van der Waals surface area contributed by atoms with Crippen LogP contribution in [0.1, 0.15) is 39.5 Å². The molecule has 0 aromatic rings. The van der Waals surface area contributed by atoms with Gasteiger partial charge in [-0.1, -0.05) is 38.8 Å². The summed E-state index contributed by atoms with van der Waals surface area (Å²) in [6, 6.07) is 0. The second kappa shape index (κ2) is 6.85. The van der Waals surface area contributed by atoms with Gasteiger partial charge in [-0.25, -0.2) is 0 Å². The van der Waals surface area contributed by atoms with Crippen molar-refractivity contribution in [2.45, 2.75) is 39.5 Å². The molecular formula is C10H19. The Kier molecular flexibility index (Phi) is 6.68. The Hall–Kier alpha value is -0.260. The van der Waals surface area contributed by atoms with Gasteiger partial charge in [0.2, 0.25) is 0 Å². The highest BCUT2D eigenvalue weighted by Gasteiger charge is 1.99. The molecule has 0 N–H and O–H groups in total. The number of hydrogen-bond acceptors (Lipinski definition) is 0. The third-order valence-corrected chi connectivity index (χ3v) is 2.06. The summed E-state index contributed by atoms with van der Waals surface area (Å²) < 4.78 is 0. The molecule has 0 saturated carbocycles. The zero-order chi connectivity index (χ0) is 7.82. The van der Waals surface area contributed by atoms with Gasteiger partial charge in [-0.15, -0.1) is 0 Å². The monoisotopic (exact) mass is 139 g/mol. The molecule has 0 aliphatic heterocycles. The van der Waals surface area contributed by atoms with Gasteiger partial charge < -0.3 is 0 Å². The highest BCUT2D eigenvalue weighted by molar-refractivity contribution is 4.83. The molecule has 0 bridgehead atoms. The third-order valence-electron chi connectivity index (χ3n) is 2.06. The Morgan fingerprint density at radius 3 is 2.30 bits per heavy atom. The van der Waals surface area contributed by atoms with E-state index in [9.17, 15) is 0 Å². The molecule has 0 heterocycles. The van der Waals surface area contributed by atoms with Crippen LogP contribution >= 0.6 is 0 Å². The molecule has 0 amide bonds. The molecule has 0 rings (SSSR count). The predicted octanol–water partition coefficient (Wildman–Crippen LogP) is 3.59. The molecule has 0 unspecified atom stereocenters. The number of allylic oxidation sites excluding steroid dienone is 2. The van der Waals surface area contributed by atoms with Crippen LogP contribution < -0.4 is 0 Å². The Balaban J connectivity index is 3.25. The van der Waals surface area contributed by atoms with Crippen molar-refractivity contribution in [3.8, 4) is 0 Å².